The molecule has 1 N–H and O–H groups in total. The Labute approximate surface area is 96.8 Å². The Bertz CT molecular complexity index is 109. The van der Waals surface area contributed by atoms with Crippen LogP contribution in [0.25, 0.3) is 0 Å². The van der Waals surface area contributed by atoms with E-state index in [4.69, 9.17) is 4.74 Å². The molecule has 0 saturated carbocycles. The Balaban J connectivity index is 0. The Kier molecular flexibility index (Phi) is 13.8. The van der Waals surface area contributed by atoms with Gasteiger partial charge in [-0.2, -0.15) is 0 Å². The summed E-state index contributed by atoms with van der Waals surface area (Å²) < 4.78 is 5.32. The lowest BCUT2D eigenvalue weighted by Gasteiger charge is -2.33. The van der Waals surface area contributed by atoms with E-state index in [1.54, 1.807) is 0 Å². The van der Waals surface area contributed by atoms with Crippen molar-refractivity contribution in [1.82, 2.24) is 5.32 Å². The molecule has 2 heteroatoms. The first-order valence-corrected chi connectivity index (χ1v) is 6.55. The second kappa shape index (κ2) is 12.0. The normalized spacial score (nSPS) is 18.0. The van der Waals surface area contributed by atoms with Gasteiger partial charge < -0.3 is 10.1 Å². The minimum atomic E-state index is 0.494. The van der Waals surface area contributed by atoms with Crippen molar-refractivity contribution < 1.29 is 4.74 Å². The lowest BCUT2D eigenvalue weighted by Crippen LogP contribution is -2.36. The molecule has 1 rings (SSSR count). The second-order valence-electron chi connectivity index (χ2n) is 3.70. The quantitative estimate of drug-likeness (QED) is 0.781. The zero-order valence-electron chi connectivity index (χ0n) is 11.7. The summed E-state index contributed by atoms with van der Waals surface area (Å²) in [7, 11) is 0. The summed E-state index contributed by atoms with van der Waals surface area (Å²) in [6.45, 7) is 16.6. The number of rotatable bonds is 3. The molecule has 0 aromatic rings. The smallest absolute Gasteiger partial charge is 0.0471 e. The summed E-state index contributed by atoms with van der Waals surface area (Å²) >= 11 is 0. The second-order valence-corrected chi connectivity index (χ2v) is 3.70. The Morgan fingerprint density at radius 3 is 1.93 bits per heavy atom. The number of hydrogen-bond donors (Lipinski definition) is 1. The fourth-order valence-electron chi connectivity index (χ4n) is 1.47. The molecule has 0 bridgehead atoms. The van der Waals surface area contributed by atoms with Crippen LogP contribution in [0.15, 0.2) is 0 Å². The highest BCUT2D eigenvalue weighted by Crippen LogP contribution is 2.28. The third-order valence-corrected chi connectivity index (χ3v) is 2.50. The van der Waals surface area contributed by atoms with E-state index in [9.17, 15) is 0 Å². The molecule has 1 heterocycles. The lowest BCUT2D eigenvalue weighted by molar-refractivity contribution is 0.0244. The summed E-state index contributed by atoms with van der Waals surface area (Å²) in [4.78, 5) is 0. The molecule has 15 heavy (non-hydrogen) atoms. The molecule has 0 radical (unpaired) electrons. The van der Waals surface area contributed by atoms with Crippen molar-refractivity contribution in [3.05, 3.63) is 0 Å². The predicted octanol–water partition coefficient (Wildman–Crippen LogP) is 3.47. The number of ether oxygens (including phenoxy) is 1. The summed E-state index contributed by atoms with van der Waals surface area (Å²) in [5, 5.41) is 3.40. The predicted molar refractivity (Wildman–Crippen MR) is 69.4 cm³/mol. The zero-order chi connectivity index (χ0) is 12.2. The standard InChI is InChI=1S/C9H19NO.2C2H6/c1-3-10-8-9(2)4-6-11-7-5-9;2*1-2/h10H,3-8H2,1-2H3;2*1-2H3. The summed E-state index contributed by atoms with van der Waals surface area (Å²) in [5.41, 5.74) is 0.494. The van der Waals surface area contributed by atoms with Gasteiger partial charge in [0.05, 0.1) is 0 Å². The van der Waals surface area contributed by atoms with Crippen molar-refractivity contribution in [2.45, 2.75) is 54.4 Å². The van der Waals surface area contributed by atoms with Gasteiger partial charge in [0.1, 0.15) is 0 Å². The highest BCUT2D eigenvalue weighted by atomic mass is 16.5. The van der Waals surface area contributed by atoms with E-state index in [0.717, 1.165) is 26.3 Å². The maximum absolute atomic E-state index is 5.32. The van der Waals surface area contributed by atoms with E-state index in [2.05, 4.69) is 19.2 Å². The molecule has 0 amide bonds. The van der Waals surface area contributed by atoms with Crippen molar-refractivity contribution in [1.29, 1.82) is 0 Å². The van der Waals surface area contributed by atoms with Gasteiger partial charge in [0.25, 0.3) is 0 Å². The molecule has 0 atom stereocenters. The van der Waals surface area contributed by atoms with E-state index >= 15 is 0 Å². The van der Waals surface area contributed by atoms with Crippen LogP contribution in [-0.4, -0.2) is 26.3 Å². The highest BCUT2D eigenvalue weighted by Gasteiger charge is 2.26. The van der Waals surface area contributed by atoms with Crippen LogP contribution in [0, 0.1) is 5.41 Å². The molecule has 2 nitrogen and oxygen atoms in total. The molecule has 1 fully saturated rings. The molecule has 1 aliphatic rings. The van der Waals surface area contributed by atoms with Crippen molar-refractivity contribution >= 4 is 0 Å². The summed E-state index contributed by atoms with van der Waals surface area (Å²) in [5.74, 6) is 0. The van der Waals surface area contributed by atoms with Crippen molar-refractivity contribution in [3.8, 4) is 0 Å². The first-order valence-electron chi connectivity index (χ1n) is 6.55. The number of hydrogen-bond acceptors (Lipinski definition) is 2. The highest BCUT2D eigenvalue weighted by molar-refractivity contribution is 4.78. The van der Waals surface area contributed by atoms with Gasteiger partial charge in [-0.25, -0.2) is 0 Å². The van der Waals surface area contributed by atoms with Gasteiger partial charge in [-0.05, 0) is 24.8 Å². The Hall–Kier alpha value is -0.0800. The van der Waals surface area contributed by atoms with Crippen LogP contribution >= 0.6 is 0 Å². The van der Waals surface area contributed by atoms with Gasteiger partial charge in [-0.1, -0.05) is 41.5 Å². The molecule has 0 aromatic carbocycles. The van der Waals surface area contributed by atoms with Gasteiger partial charge in [-0.15, -0.1) is 0 Å². The van der Waals surface area contributed by atoms with Gasteiger partial charge in [0.2, 0.25) is 0 Å². The minimum Gasteiger partial charge on any atom is -0.381 e. The summed E-state index contributed by atoms with van der Waals surface area (Å²) in [6, 6.07) is 0. The SMILES string of the molecule is CC.CC.CCNCC1(C)CCOCC1. The number of nitrogens with one attached hydrogen (secondary N) is 1. The molecule has 0 aromatic heterocycles. The van der Waals surface area contributed by atoms with Crippen LogP contribution < -0.4 is 5.32 Å². The van der Waals surface area contributed by atoms with Crippen LogP contribution in [0.5, 0.6) is 0 Å². The molecular weight excluding hydrogens is 186 g/mol. The minimum absolute atomic E-state index is 0.494. The van der Waals surface area contributed by atoms with Crippen molar-refractivity contribution in [2.24, 2.45) is 5.41 Å². The third-order valence-electron chi connectivity index (χ3n) is 2.50. The van der Waals surface area contributed by atoms with E-state index in [-0.39, 0.29) is 0 Å². The van der Waals surface area contributed by atoms with Gasteiger partial charge >= 0.3 is 0 Å². The summed E-state index contributed by atoms with van der Waals surface area (Å²) in [6.07, 6.45) is 2.42. The topological polar surface area (TPSA) is 21.3 Å². The Morgan fingerprint density at radius 1 is 1.07 bits per heavy atom. The van der Waals surface area contributed by atoms with Gasteiger partial charge in [-0.3, -0.25) is 0 Å². The largest absolute Gasteiger partial charge is 0.381 e. The molecule has 1 saturated heterocycles. The Morgan fingerprint density at radius 2 is 1.53 bits per heavy atom. The van der Waals surface area contributed by atoms with E-state index in [1.807, 2.05) is 27.7 Å². The molecule has 94 valence electrons. The third kappa shape index (κ3) is 8.88. The fourth-order valence-corrected chi connectivity index (χ4v) is 1.47. The molecule has 0 spiro atoms. The average Bonchev–Trinajstić information content (AvgIpc) is 2.33. The van der Waals surface area contributed by atoms with Crippen LogP contribution in [0.2, 0.25) is 0 Å². The van der Waals surface area contributed by atoms with E-state index in [1.165, 1.54) is 12.8 Å². The molecular formula is C13H31NO. The lowest BCUT2D eigenvalue weighted by atomic mass is 9.82. The van der Waals surface area contributed by atoms with Crippen LogP contribution in [0.1, 0.15) is 54.4 Å². The van der Waals surface area contributed by atoms with Crippen LogP contribution in [0.4, 0.5) is 0 Å². The molecule has 0 aliphatic carbocycles. The van der Waals surface area contributed by atoms with Crippen LogP contribution in [-0.2, 0) is 4.74 Å². The van der Waals surface area contributed by atoms with Crippen molar-refractivity contribution in [2.75, 3.05) is 26.3 Å². The van der Waals surface area contributed by atoms with E-state index in [0.29, 0.717) is 5.41 Å². The van der Waals surface area contributed by atoms with Crippen LogP contribution in [0.3, 0.4) is 0 Å². The average molecular weight is 217 g/mol. The maximum atomic E-state index is 5.32. The van der Waals surface area contributed by atoms with E-state index < -0.39 is 0 Å². The first-order chi connectivity index (χ1) is 7.27. The monoisotopic (exact) mass is 217 g/mol. The van der Waals surface area contributed by atoms with Gasteiger partial charge in [0.15, 0.2) is 0 Å². The molecule has 1 aliphatic heterocycles. The van der Waals surface area contributed by atoms with Gasteiger partial charge in [0, 0.05) is 19.8 Å². The molecule has 0 unspecified atom stereocenters. The van der Waals surface area contributed by atoms with Crippen molar-refractivity contribution in [3.63, 3.8) is 0 Å². The first kappa shape index (κ1) is 17.3. The zero-order valence-corrected chi connectivity index (χ0v) is 11.7. The maximum Gasteiger partial charge on any atom is 0.0471 e. The fraction of sp³-hybridized carbons (Fsp3) is 1.00.